The van der Waals surface area contributed by atoms with Crippen LogP contribution in [-0.4, -0.2) is 36.2 Å². The molecule has 0 heterocycles. The summed E-state index contributed by atoms with van der Waals surface area (Å²) in [7, 11) is 1.57. The molecular formula is C21H24ClNO4. The minimum absolute atomic E-state index is 0.0444. The summed E-state index contributed by atoms with van der Waals surface area (Å²) in [4.78, 5) is 38.8. The van der Waals surface area contributed by atoms with E-state index in [1.807, 2.05) is 6.92 Å². The molecule has 1 atom stereocenters. The highest BCUT2D eigenvalue weighted by Gasteiger charge is 2.47. The van der Waals surface area contributed by atoms with Gasteiger partial charge in [-0.3, -0.25) is 9.59 Å². The highest BCUT2D eigenvalue weighted by Crippen LogP contribution is 2.42. The summed E-state index contributed by atoms with van der Waals surface area (Å²) in [5.41, 5.74) is -0.507. The molecule has 1 fully saturated rings. The lowest BCUT2D eigenvalue weighted by Crippen LogP contribution is -2.55. The molecule has 5 nitrogen and oxygen atoms in total. The van der Waals surface area contributed by atoms with Gasteiger partial charge in [0.05, 0.1) is 0 Å². The van der Waals surface area contributed by atoms with E-state index in [1.54, 1.807) is 43.5 Å². The number of Topliss-reactive ketones (excluding diaryl/α,β-unsaturated/α-hetero) is 1. The molecule has 0 spiro atoms. The fourth-order valence-electron chi connectivity index (χ4n) is 3.37. The standard InChI is InChI=1S/C21H24ClNO4/c1-3-4-5-13-20(26)27-15-19(25)23(2)21(14-9-8-12-18(21)24)16-10-6-7-11-17(16)22/h3-7,10-11,13H,8-9,12,14-15H2,1-2H3/b4-3+,13-5+/t21-/m1/s1. The Kier molecular flexibility index (Phi) is 7.36. The number of esters is 1. The van der Waals surface area contributed by atoms with E-state index < -0.39 is 24.0 Å². The Balaban J connectivity index is 2.23. The lowest BCUT2D eigenvalue weighted by atomic mass is 9.74. The summed E-state index contributed by atoms with van der Waals surface area (Å²) < 4.78 is 5.01. The van der Waals surface area contributed by atoms with Crippen molar-refractivity contribution in [1.29, 1.82) is 0 Å². The van der Waals surface area contributed by atoms with Crippen molar-refractivity contribution in [3.63, 3.8) is 0 Å². The maximum absolute atomic E-state index is 12.9. The molecule has 6 heteroatoms. The minimum Gasteiger partial charge on any atom is -0.452 e. The van der Waals surface area contributed by atoms with Gasteiger partial charge in [-0.25, -0.2) is 4.79 Å². The van der Waals surface area contributed by atoms with Gasteiger partial charge in [-0.2, -0.15) is 0 Å². The number of ether oxygens (including phenoxy) is 1. The van der Waals surface area contributed by atoms with Crippen LogP contribution in [0.15, 0.2) is 48.6 Å². The first kappa shape index (κ1) is 20.9. The molecule has 2 rings (SSSR count). The number of halogens is 1. The number of ketones is 1. The van der Waals surface area contributed by atoms with Crippen LogP contribution < -0.4 is 0 Å². The topological polar surface area (TPSA) is 63.7 Å². The van der Waals surface area contributed by atoms with Gasteiger partial charge in [-0.15, -0.1) is 0 Å². The zero-order valence-corrected chi connectivity index (χ0v) is 16.4. The van der Waals surface area contributed by atoms with Gasteiger partial charge in [0.15, 0.2) is 12.4 Å². The van der Waals surface area contributed by atoms with Gasteiger partial charge in [0.1, 0.15) is 5.54 Å². The second-order valence-corrected chi connectivity index (χ2v) is 6.82. The number of hydrogen-bond acceptors (Lipinski definition) is 4. The molecule has 0 bridgehead atoms. The number of carbonyl (C=O) groups is 3. The van der Waals surface area contributed by atoms with E-state index in [-0.39, 0.29) is 5.78 Å². The Labute approximate surface area is 164 Å². The second kappa shape index (κ2) is 9.51. The SMILES string of the molecule is C/C=C/C=C/C(=O)OCC(=O)N(C)[C@@]1(c2ccccc2Cl)CCCCC1=O. The number of amides is 1. The van der Waals surface area contributed by atoms with E-state index >= 15 is 0 Å². The fraction of sp³-hybridized carbons (Fsp3) is 0.381. The van der Waals surface area contributed by atoms with Gasteiger partial charge in [-0.1, -0.05) is 48.0 Å². The summed E-state index contributed by atoms with van der Waals surface area (Å²) in [6.07, 6.45) is 8.70. The highest BCUT2D eigenvalue weighted by molar-refractivity contribution is 6.31. The van der Waals surface area contributed by atoms with Crippen molar-refractivity contribution >= 4 is 29.3 Å². The molecule has 0 N–H and O–H groups in total. The van der Waals surface area contributed by atoms with Crippen LogP contribution in [-0.2, 0) is 24.7 Å². The van der Waals surface area contributed by atoms with Gasteiger partial charge >= 0.3 is 5.97 Å². The number of likely N-dealkylation sites (N-methyl/N-ethyl adjacent to an activating group) is 1. The Morgan fingerprint density at radius 2 is 2.00 bits per heavy atom. The molecule has 1 saturated carbocycles. The van der Waals surface area contributed by atoms with E-state index in [9.17, 15) is 14.4 Å². The van der Waals surface area contributed by atoms with Crippen molar-refractivity contribution in [1.82, 2.24) is 4.90 Å². The van der Waals surface area contributed by atoms with Gasteiger partial charge in [-0.05, 0) is 32.3 Å². The molecule has 1 aliphatic carbocycles. The third kappa shape index (κ3) is 4.66. The number of allylic oxidation sites excluding steroid dienone is 3. The van der Waals surface area contributed by atoms with Crippen LogP contribution in [0.4, 0.5) is 0 Å². The lowest BCUT2D eigenvalue weighted by Gasteiger charge is -2.43. The Morgan fingerprint density at radius 1 is 1.26 bits per heavy atom. The Morgan fingerprint density at radius 3 is 2.67 bits per heavy atom. The smallest absolute Gasteiger partial charge is 0.331 e. The van der Waals surface area contributed by atoms with Gasteiger partial charge in [0.2, 0.25) is 0 Å². The molecule has 1 aromatic carbocycles. The third-order valence-electron chi connectivity index (χ3n) is 4.79. The van der Waals surface area contributed by atoms with E-state index in [0.717, 1.165) is 12.8 Å². The van der Waals surface area contributed by atoms with Crippen LogP contribution in [0.2, 0.25) is 5.02 Å². The minimum atomic E-state index is -1.12. The normalized spacial score (nSPS) is 20.2. The monoisotopic (exact) mass is 389 g/mol. The lowest BCUT2D eigenvalue weighted by molar-refractivity contribution is -0.155. The predicted molar refractivity (Wildman–Crippen MR) is 104 cm³/mol. The Bertz CT molecular complexity index is 771. The molecule has 1 aliphatic rings. The van der Waals surface area contributed by atoms with Crippen LogP contribution in [0.25, 0.3) is 0 Å². The first-order valence-corrected chi connectivity index (χ1v) is 9.32. The molecule has 1 aromatic rings. The summed E-state index contributed by atoms with van der Waals surface area (Å²) in [6, 6.07) is 7.08. The average molecular weight is 390 g/mol. The van der Waals surface area contributed by atoms with Crippen molar-refractivity contribution in [2.75, 3.05) is 13.7 Å². The Hall–Kier alpha value is -2.40. The van der Waals surface area contributed by atoms with Gasteiger partial charge in [0.25, 0.3) is 5.91 Å². The summed E-state index contributed by atoms with van der Waals surface area (Å²) >= 11 is 6.37. The summed E-state index contributed by atoms with van der Waals surface area (Å²) in [5, 5.41) is 0.443. The first-order valence-electron chi connectivity index (χ1n) is 8.94. The van der Waals surface area contributed by atoms with Crippen molar-refractivity contribution in [2.45, 2.75) is 38.1 Å². The molecule has 0 aromatic heterocycles. The predicted octanol–water partition coefficient (Wildman–Crippen LogP) is 3.81. The van der Waals surface area contributed by atoms with Crippen LogP contribution in [0, 0.1) is 0 Å². The number of hydrogen-bond donors (Lipinski definition) is 0. The van der Waals surface area contributed by atoms with Crippen LogP contribution in [0.3, 0.4) is 0 Å². The number of nitrogens with zero attached hydrogens (tertiary/aromatic N) is 1. The first-order chi connectivity index (χ1) is 12.9. The zero-order chi connectivity index (χ0) is 19.9. The maximum atomic E-state index is 12.9. The molecular weight excluding hydrogens is 366 g/mol. The molecule has 1 amide bonds. The molecule has 27 heavy (non-hydrogen) atoms. The number of benzene rings is 1. The van der Waals surface area contributed by atoms with Crippen LogP contribution in [0.1, 0.15) is 38.2 Å². The average Bonchev–Trinajstić information content (AvgIpc) is 2.67. The third-order valence-corrected chi connectivity index (χ3v) is 5.12. The summed E-state index contributed by atoms with van der Waals surface area (Å²) in [6.45, 7) is 1.39. The molecule has 144 valence electrons. The largest absolute Gasteiger partial charge is 0.452 e. The van der Waals surface area contributed by atoms with E-state index in [0.29, 0.717) is 23.4 Å². The number of rotatable bonds is 6. The number of carbonyl (C=O) groups excluding carboxylic acids is 3. The molecule has 0 radical (unpaired) electrons. The highest BCUT2D eigenvalue weighted by atomic mass is 35.5. The maximum Gasteiger partial charge on any atom is 0.331 e. The van der Waals surface area contributed by atoms with Crippen LogP contribution in [0.5, 0.6) is 0 Å². The quantitative estimate of drug-likeness (QED) is 0.421. The molecule has 0 aliphatic heterocycles. The molecule has 0 saturated heterocycles. The van der Waals surface area contributed by atoms with Gasteiger partial charge in [0, 0.05) is 30.1 Å². The van der Waals surface area contributed by atoms with E-state index in [2.05, 4.69) is 0 Å². The summed E-state index contributed by atoms with van der Waals surface area (Å²) in [5.74, 6) is -1.11. The van der Waals surface area contributed by atoms with E-state index in [4.69, 9.17) is 16.3 Å². The second-order valence-electron chi connectivity index (χ2n) is 6.42. The van der Waals surface area contributed by atoms with Crippen molar-refractivity contribution < 1.29 is 19.1 Å². The van der Waals surface area contributed by atoms with E-state index in [1.165, 1.54) is 17.1 Å². The van der Waals surface area contributed by atoms with Gasteiger partial charge < -0.3 is 9.64 Å². The van der Waals surface area contributed by atoms with Crippen molar-refractivity contribution in [2.24, 2.45) is 0 Å². The van der Waals surface area contributed by atoms with Crippen molar-refractivity contribution in [3.8, 4) is 0 Å². The zero-order valence-electron chi connectivity index (χ0n) is 15.6. The van der Waals surface area contributed by atoms with Crippen LogP contribution >= 0.6 is 11.6 Å². The molecule has 0 unspecified atom stereocenters. The van der Waals surface area contributed by atoms with Crippen molar-refractivity contribution in [3.05, 3.63) is 59.2 Å². The fourth-order valence-corrected chi connectivity index (χ4v) is 3.66.